The molecule has 11 nitrogen and oxygen atoms in total. The van der Waals surface area contributed by atoms with Gasteiger partial charge < -0.3 is 0 Å². The van der Waals surface area contributed by atoms with Gasteiger partial charge in [0.25, 0.3) is 0 Å². The lowest BCUT2D eigenvalue weighted by atomic mass is 9.92. The summed E-state index contributed by atoms with van der Waals surface area (Å²) in [6.07, 6.45) is 3.72. The Morgan fingerprint density at radius 3 is 0.779 bits per heavy atom. The maximum Gasteiger partial charge on any atom is 0.179 e. The van der Waals surface area contributed by atoms with Crippen molar-refractivity contribution in [3.05, 3.63) is 297 Å². The Hall–Kier alpha value is -11.4. The van der Waals surface area contributed by atoms with Gasteiger partial charge in [0, 0.05) is 56.8 Å². The number of allylic oxidation sites excluding steroid dienone is 1. The molecule has 5 aromatic heterocycles. The normalized spacial score (nSPS) is 13.2. The summed E-state index contributed by atoms with van der Waals surface area (Å²) in [5.74, 6) is 2.05. The Morgan fingerprint density at radius 1 is 0.244 bits per heavy atom. The molecule has 0 aliphatic carbocycles. The summed E-state index contributed by atoms with van der Waals surface area (Å²) >= 11 is 0. The first-order valence-electron chi connectivity index (χ1n) is 28.7. The van der Waals surface area contributed by atoms with E-state index in [1.165, 1.54) is 0 Å². The van der Waals surface area contributed by atoms with E-state index >= 15 is 0 Å². The van der Waals surface area contributed by atoms with Crippen molar-refractivity contribution in [2.75, 3.05) is 0 Å². The molecule has 14 rings (SSSR count). The third-order valence-corrected chi connectivity index (χ3v) is 15.1. The molecule has 86 heavy (non-hydrogen) atoms. The molecule has 408 valence electrons. The van der Waals surface area contributed by atoms with Gasteiger partial charge in [-0.25, -0.2) is 54.8 Å². The summed E-state index contributed by atoms with van der Waals surface area (Å²) in [6.45, 7) is 0. The van der Waals surface area contributed by atoms with Gasteiger partial charge in [-0.2, -0.15) is 0 Å². The molecule has 13 aromatic rings. The first-order chi connectivity index (χ1) is 42.6. The van der Waals surface area contributed by atoms with Gasteiger partial charge >= 0.3 is 0 Å². The highest BCUT2D eigenvalue weighted by Crippen LogP contribution is 2.37. The summed E-state index contributed by atoms with van der Waals surface area (Å²) in [4.78, 5) is 59.4. The van der Waals surface area contributed by atoms with Gasteiger partial charge in [0.2, 0.25) is 0 Å². The van der Waals surface area contributed by atoms with Crippen LogP contribution in [0.2, 0.25) is 0 Å². The third kappa shape index (κ3) is 11.7. The van der Waals surface area contributed by atoms with E-state index in [2.05, 4.69) is 109 Å². The molecule has 0 fully saturated rings. The van der Waals surface area contributed by atoms with Gasteiger partial charge in [0.15, 0.2) is 23.3 Å². The molecule has 1 unspecified atom stereocenters. The molecule has 0 N–H and O–H groups in total. The van der Waals surface area contributed by atoms with Crippen LogP contribution in [0, 0.1) is 0 Å². The van der Waals surface area contributed by atoms with Crippen LogP contribution in [-0.2, 0) is 0 Å². The van der Waals surface area contributed by atoms with E-state index in [4.69, 9.17) is 54.8 Å². The lowest BCUT2D eigenvalue weighted by molar-refractivity contribution is 0.613. The van der Waals surface area contributed by atoms with Crippen LogP contribution in [-0.4, -0.2) is 55.6 Å². The first-order valence-corrected chi connectivity index (χ1v) is 28.7. The van der Waals surface area contributed by atoms with Crippen LogP contribution in [0.3, 0.4) is 0 Å². The van der Waals surface area contributed by atoms with Crippen LogP contribution in [0.4, 0.5) is 0 Å². The van der Waals surface area contributed by atoms with E-state index in [1.54, 1.807) is 0 Å². The van der Waals surface area contributed by atoms with Gasteiger partial charge in [0.05, 0.1) is 51.3 Å². The molecule has 0 amide bonds. The van der Waals surface area contributed by atoms with Gasteiger partial charge in [-0.1, -0.05) is 249 Å². The van der Waals surface area contributed by atoms with Crippen LogP contribution >= 0.6 is 0 Å². The van der Waals surface area contributed by atoms with E-state index in [0.29, 0.717) is 71.2 Å². The molecule has 0 saturated heterocycles. The molecule has 8 aromatic carbocycles. The molecule has 0 saturated carbocycles. The fourth-order valence-corrected chi connectivity index (χ4v) is 10.7. The maximum absolute atomic E-state index is 5.70. The number of benzene rings is 8. The average molecular weight is 1110 g/mol. The lowest BCUT2D eigenvalue weighted by Crippen LogP contribution is -2.17. The second-order valence-electron chi connectivity index (χ2n) is 20.9. The predicted octanol–water partition coefficient (Wildman–Crippen LogP) is 17.1. The maximum atomic E-state index is 5.70. The average Bonchev–Trinajstić information content (AvgIpc) is 2.17. The Bertz CT molecular complexity index is 4200. The molecule has 6 heterocycles. The van der Waals surface area contributed by atoms with Crippen LogP contribution in [0.15, 0.2) is 284 Å². The van der Waals surface area contributed by atoms with Crippen molar-refractivity contribution < 1.29 is 0 Å². The number of nitrogens with zero attached hydrogens (tertiary/aromatic N) is 11. The lowest BCUT2D eigenvalue weighted by Gasteiger charge is -2.21. The number of hydrogen-bond acceptors (Lipinski definition) is 11. The molecule has 0 spiro atoms. The minimum absolute atomic E-state index is 0.222. The summed E-state index contributed by atoms with van der Waals surface area (Å²) in [6, 6.07) is 91.6. The minimum Gasteiger partial charge on any atom is -0.246 e. The van der Waals surface area contributed by atoms with Crippen LogP contribution in [0.5, 0.6) is 0 Å². The zero-order valence-electron chi connectivity index (χ0n) is 46.7. The molecule has 1 aliphatic rings. The van der Waals surface area contributed by atoms with Crippen LogP contribution in [0.1, 0.15) is 42.7 Å². The van der Waals surface area contributed by atoms with Crippen LogP contribution in [0.25, 0.3) is 119 Å². The fourth-order valence-electron chi connectivity index (χ4n) is 10.7. The molecule has 0 radical (unpaired) electrons. The summed E-state index contributed by atoms with van der Waals surface area (Å²) in [5, 5.41) is 0. The van der Waals surface area contributed by atoms with E-state index in [9.17, 15) is 0 Å². The number of aliphatic imine (C=N–C) groups is 1. The number of rotatable bonds is 13. The number of aromatic nitrogens is 10. The van der Waals surface area contributed by atoms with Crippen molar-refractivity contribution in [2.24, 2.45) is 4.99 Å². The summed E-state index contributed by atoms with van der Waals surface area (Å²) in [5.41, 5.74) is 15.8. The molecule has 11 heteroatoms. The molecular weight excluding hydrogens is 1050 g/mol. The SMILES string of the molecule is C1=C(c2nc(-c3nc(-c4ccccc4)cc(-c4ccccc4)n3)cc(-c3nc(-c4ccccc4)cc(-c4ccccc4)n3)n2)N=C(c2nc(-c3ccccc3)cc(-c3ccccc3)n2)CC(c2nc(-c3ccccc3)cc(-c3ccccc3)n2)CC1. The quantitative estimate of drug-likeness (QED) is 0.110. The zero-order chi connectivity index (χ0) is 57.4. The molecular formula is C75H53N11. The highest BCUT2D eigenvalue weighted by atomic mass is 15.0. The van der Waals surface area contributed by atoms with Gasteiger partial charge in [-0.05, 0) is 43.2 Å². The van der Waals surface area contributed by atoms with Crippen molar-refractivity contribution in [1.82, 2.24) is 49.8 Å². The monoisotopic (exact) mass is 1110 g/mol. The highest BCUT2D eigenvalue weighted by Gasteiger charge is 2.27. The summed E-state index contributed by atoms with van der Waals surface area (Å²) in [7, 11) is 0. The molecule has 1 aliphatic heterocycles. The number of hydrogen-bond donors (Lipinski definition) is 0. The highest BCUT2D eigenvalue weighted by molar-refractivity contribution is 6.02. The van der Waals surface area contributed by atoms with E-state index < -0.39 is 0 Å². The van der Waals surface area contributed by atoms with E-state index in [0.717, 1.165) is 90.1 Å². The van der Waals surface area contributed by atoms with Crippen LogP contribution < -0.4 is 0 Å². The second-order valence-corrected chi connectivity index (χ2v) is 20.9. The standard InChI is InChI=1S/C75H53N11/c1-9-26-50(27-10-1)60-45-61(51-28-11-2-12-29-51)78-71(77-60)58-42-25-43-59(76-68(44-58)73-79-62(52-30-13-3-14-31-52)46-63(80-73)53-32-15-4-16-33-53)72-85-69(74-81-64(54-34-17-5-18-35-54)47-65(82-74)55-36-19-6-20-37-55)49-70(86-72)75-83-66(56-38-21-7-22-39-56)48-67(84-75)57-40-23-8-24-41-57/h1-24,26-41,43,45-49,58H,25,42,44H2. The minimum atomic E-state index is -0.222. The Balaban J connectivity index is 0.997. The topological polar surface area (TPSA) is 141 Å². The van der Waals surface area contributed by atoms with Gasteiger partial charge in [-0.15, -0.1) is 0 Å². The van der Waals surface area contributed by atoms with Crippen molar-refractivity contribution >= 4 is 11.4 Å². The van der Waals surface area contributed by atoms with Gasteiger partial charge in [-0.3, -0.25) is 0 Å². The molecule has 1 atom stereocenters. The zero-order valence-corrected chi connectivity index (χ0v) is 46.7. The van der Waals surface area contributed by atoms with Crippen molar-refractivity contribution in [2.45, 2.75) is 25.2 Å². The second kappa shape index (κ2) is 24.2. The fraction of sp³-hybridized carbons (Fsp3) is 0.0533. The molecule has 0 bridgehead atoms. The van der Waals surface area contributed by atoms with Crippen molar-refractivity contribution in [3.63, 3.8) is 0 Å². The van der Waals surface area contributed by atoms with Crippen molar-refractivity contribution in [3.8, 4) is 113 Å². The van der Waals surface area contributed by atoms with E-state index in [-0.39, 0.29) is 5.92 Å². The largest absolute Gasteiger partial charge is 0.246 e. The Labute approximate surface area is 498 Å². The smallest absolute Gasteiger partial charge is 0.179 e. The predicted molar refractivity (Wildman–Crippen MR) is 343 cm³/mol. The Morgan fingerprint density at radius 2 is 0.488 bits per heavy atom. The Kier molecular flexibility index (Phi) is 14.8. The first kappa shape index (κ1) is 52.6. The van der Waals surface area contributed by atoms with Crippen molar-refractivity contribution in [1.29, 1.82) is 0 Å². The van der Waals surface area contributed by atoms with E-state index in [1.807, 2.05) is 170 Å². The van der Waals surface area contributed by atoms with Gasteiger partial charge in [0.1, 0.15) is 22.9 Å². The summed E-state index contributed by atoms with van der Waals surface area (Å²) < 4.78 is 0. The third-order valence-electron chi connectivity index (χ3n) is 15.1.